The van der Waals surface area contributed by atoms with Crippen LogP contribution in [-0.2, 0) is 0 Å². The molecule has 0 aliphatic carbocycles. The smallest absolute Gasteiger partial charge is 0.322 e. The summed E-state index contributed by atoms with van der Waals surface area (Å²) in [6.45, 7) is 3.19. The van der Waals surface area contributed by atoms with Crippen LogP contribution in [0.2, 0.25) is 0 Å². The van der Waals surface area contributed by atoms with E-state index in [0.717, 1.165) is 22.4 Å². The van der Waals surface area contributed by atoms with Crippen LogP contribution in [0.15, 0.2) is 67.0 Å². The topological polar surface area (TPSA) is 74.3 Å². The van der Waals surface area contributed by atoms with Crippen LogP contribution in [0.25, 0.3) is 11.1 Å². The molecule has 140 valence electrons. The Balaban J connectivity index is 1.51. The van der Waals surface area contributed by atoms with Gasteiger partial charge >= 0.3 is 6.03 Å². The van der Waals surface area contributed by atoms with E-state index < -0.39 is 0 Å². The van der Waals surface area contributed by atoms with Crippen molar-refractivity contribution in [2.24, 2.45) is 0 Å². The minimum Gasteiger partial charge on any atom is -0.336 e. The lowest BCUT2D eigenvalue weighted by Gasteiger charge is -2.18. The number of nitrogens with zero attached hydrogens (tertiary/aromatic N) is 2. The molecule has 3 aromatic rings. The molecular weight excluding hydrogens is 352 g/mol. The average Bonchev–Trinajstić information content (AvgIpc) is 3.16. The minimum atomic E-state index is -0.193. The summed E-state index contributed by atoms with van der Waals surface area (Å²) in [6, 6.07) is 16.8. The highest BCUT2D eigenvalue weighted by molar-refractivity contribution is 6.05. The van der Waals surface area contributed by atoms with Crippen molar-refractivity contribution in [1.82, 2.24) is 10.3 Å². The highest BCUT2D eigenvalue weighted by Gasteiger charge is 2.23. The number of amides is 3. The van der Waals surface area contributed by atoms with Crippen LogP contribution in [0.3, 0.4) is 0 Å². The average molecular weight is 372 g/mol. The number of carbonyl (C=O) groups is 2. The Morgan fingerprint density at radius 2 is 1.75 bits per heavy atom. The highest BCUT2D eigenvalue weighted by Crippen LogP contribution is 2.26. The zero-order valence-corrected chi connectivity index (χ0v) is 15.5. The normalized spacial score (nSPS) is 13.3. The first-order valence-electron chi connectivity index (χ1n) is 9.10. The molecule has 0 radical (unpaired) electrons. The molecule has 6 nitrogen and oxygen atoms in total. The van der Waals surface area contributed by atoms with Crippen molar-refractivity contribution < 1.29 is 9.59 Å². The molecule has 0 unspecified atom stereocenters. The van der Waals surface area contributed by atoms with Crippen LogP contribution in [0.4, 0.5) is 16.2 Å². The van der Waals surface area contributed by atoms with Gasteiger partial charge in [0.1, 0.15) is 0 Å². The molecule has 28 heavy (non-hydrogen) atoms. The fourth-order valence-electron chi connectivity index (χ4n) is 3.24. The van der Waals surface area contributed by atoms with Crippen LogP contribution >= 0.6 is 0 Å². The van der Waals surface area contributed by atoms with Crippen LogP contribution in [-0.4, -0.2) is 30.0 Å². The summed E-state index contributed by atoms with van der Waals surface area (Å²) in [6.07, 6.45) is 3.48. The van der Waals surface area contributed by atoms with Gasteiger partial charge in [0.15, 0.2) is 0 Å². The minimum absolute atomic E-state index is 0.113. The van der Waals surface area contributed by atoms with Gasteiger partial charge in [-0.3, -0.25) is 14.7 Å². The lowest BCUT2D eigenvalue weighted by Crippen LogP contribution is -2.28. The predicted molar refractivity (Wildman–Crippen MR) is 110 cm³/mol. The van der Waals surface area contributed by atoms with Gasteiger partial charge in [-0.25, -0.2) is 4.79 Å². The second-order valence-electron chi connectivity index (χ2n) is 6.65. The molecule has 1 fully saturated rings. The summed E-state index contributed by atoms with van der Waals surface area (Å²) in [5, 5.41) is 5.71. The van der Waals surface area contributed by atoms with Crippen molar-refractivity contribution >= 4 is 23.3 Å². The molecule has 0 atom stereocenters. The summed E-state index contributed by atoms with van der Waals surface area (Å²) in [5.41, 5.74) is 5.09. The van der Waals surface area contributed by atoms with Gasteiger partial charge in [0.05, 0.1) is 5.69 Å². The molecule has 2 heterocycles. The number of nitrogens with one attached hydrogen (secondary N) is 2. The Kier molecular flexibility index (Phi) is 4.76. The third kappa shape index (κ3) is 3.57. The zero-order chi connectivity index (χ0) is 19.5. The van der Waals surface area contributed by atoms with E-state index in [9.17, 15) is 9.59 Å². The first-order chi connectivity index (χ1) is 13.6. The standard InChI is InChI=1S/C22H20N4O2/c1-15-2-7-19(14-20(15)26-13-12-24-22(26)28)25-21(27)18-5-3-16(4-6-18)17-8-10-23-11-9-17/h2-11,14H,12-13H2,1H3,(H,24,28)(H,25,27). The van der Waals surface area contributed by atoms with Crippen molar-refractivity contribution in [2.75, 3.05) is 23.3 Å². The summed E-state index contributed by atoms with van der Waals surface area (Å²) in [5.74, 6) is -0.193. The first kappa shape index (κ1) is 17.7. The fraction of sp³-hybridized carbons (Fsp3) is 0.136. The van der Waals surface area contributed by atoms with Gasteiger partial charge in [0, 0.05) is 36.7 Å². The molecule has 2 N–H and O–H groups in total. The molecule has 1 saturated heterocycles. The molecule has 0 saturated carbocycles. The maximum atomic E-state index is 12.6. The third-order valence-electron chi connectivity index (χ3n) is 4.78. The van der Waals surface area contributed by atoms with Crippen LogP contribution < -0.4 is 15.5 Å². The number of rotatable bonds is 4. The van der Waals surface area contributed by atoms with Crippen molar-refractivity contribution in [3.05, 3.63) is 78.1 Å². The van der Waals surface area contributed by atoms with Gasteiger partial charge in [-0.1, -0.05) is 18.2 Å². The van der Waals surface area contributed by atoms with Crippen LogP contribution in [0.5, 0.6) is 0 Å². The molecule has 3 amide bonds. The summed E-state index contributed by atoms with van der Waals surface area (Å²) < 4.78 is 0. The van der Waals surface area contributed by atoms with E-state index in [2.05, 4.69) is 15.6 Å². The Morgan fingerprint density at radius 3 is 2.43 bits per heavy atom. The van der Waals surface area contributed by atoms with E-state index >= 15 is 0 Å². The molecule has 6 heteroatoms. The first-order valence-corrected chi connectivity index (χ1v) is 9.10. The highest BCUT2D eigenvalue weighted by atomic mass is 16.2. The fourth-order valence-corrected chi connectivity index (χ4v) is 3.24. The van der Waals surface area contributed by atoms with Gasteiger partial charge in [-0.15, -0.1) is 0 Å². The maximum Gasteiger partial charge on any atom is 0.322 e. The van der Waals surface area contributed by atoms with E-state index in [-0.39, 0.29) is 11.9 Å². The Morgan fingerprint density at radius 1 is 1.04 bits per heavy atom. The third-order valence-corrected chi connectivity index (χ3v) is 4.78. The summed E-state index contributed by atoms with van der Waals surface area (Å²) in [7, 11) is 0. The van der Waals surface area contributed by atoms with Gasteiger partial charge in [0.25, 0.3) is 5.91 Å². The van der Waals surface area contributed by atoms with Gasteiger partial charge < -0.3 is 10.6 Å². The summed E-state index contributed by atoms with van der Waals surface area (Å²) in [4.78, 5) is 30.3. The van der Waals surface area contributed by atoms with E-state index in [1.165, 1.54) is 0 Å². The number of aromatic nitrogens is 1. The van der Waals surface area contributed by atoms with Gasteiger partial charge in [-0.2, -0.15) is 0 Å². The number of pyridine rings is 1. The molecule has 0 spiro atoms. The molecule has 1 aliphatic heterocycles. The number of aryl methyl sites for hydroxylation is 1. The van der Waals surface area contributed by atoms with Crippen molar-refractivity contribution in [3.63, 3.8) is 0 Å². The molecule has 2 aromatic carbocycles. The monoisotopic (exact) mass is 372 g/mol. The van der Waals surface area contributed by atoms with Crippen molar-refractivity contribution in [2.45, 2.75) is 6.92 Å². The SMILES string of the molecule is Cc1ccc(NC(=O)c2ccc(-c3ccncc3)cc2)cc1N1CCNC1=O. The second kappa shape index (κ2) is 7.52. The molecule has 1 aromatic heterocycles. The number of urea groups is 1. The predicted octanol–water partition coefficient (Wildman–Crippen LogP) is 3.84. The van der Waals surface area contributed by atoms with E-state index in [1.54, 1.807) is 29.4 Å². The van der Waals surface area contributed by atoms with Gasteiger partial charge in [0.2, 0.25) is 0 Å². The maximum absolute atomic E-state index is 12.6. The number of hydrogen-bond acceptors (Lipinski definition) is 3. The number of benzene rings is 2. The van der Waals surface area contributed by atoms with Crippen LogP contribution in [0.1, 0.15) is 15.9 Å². The summed E-state index contributed by atoms with van der Waals surface area (Å²) >= 11 is 0. The number of carbonyl (C=O) groups excluding carboxylic acids is 2. The van der Waals surface area contributed by atoms with Crippen molar-refractivity contribution in [1.29, 1.82) is 0 Å². The lowest BCUT2D eigenvalue weighted by molar-refractivity contribution is 0.102. The lowest BCUT2D eigenvalue weighted by atomic mass is 10.0. The van der Waals surface area contributed by atoms with E-state index in [1.807, 2.05) is 49.4 Å². The van der Waals surface area contributed by atoms with Crippen molar-refractivity contribution in [3.8, 4) is 11.1 Å². The van der Waals surface area contributed by atoms with E-state index in [0.29, 0.717) is 24.3 Å². The quantitative estimate of drug-likeness (QED) is 0.731. The number of anilines is 2. The molecule has 4 rings (SSSR count). The Hall–Kier alpha value is -3.67. The Bertz CT molecular complexity index is 1020. The van der Waals surface area contributed by atoms with E-state index in [4.69, 9.17) is 0 Å². The number of hydrogen-bond donors (Lipinski definition) is 2. The molecule has 1 aliphatic rings. The molecule has 0 bridgehead atoms. The Labute approximate surface area is 163 Å². The van der Waals surface area contributed by atoms with Gasteiger partial charge in [-0.05, 0) is 60.0 Å². The van der Waals surface area contributed by atoms with Crippen LogP contribution in [0, 0.1) is 6.92 Å². The zero-order valence-electron chi connectivity index (χ0n) is 15.5. The second-order valence-corrected chi connectivity index (χ2v) is 6.65. The molecular formula is C22H20N4O2. The largest absolute Gasteiger partial charge is 0.336 e.